The molecule has 1 saturated heterocycles. The molecule has 0 saturated carbocycles. The van der Waals surface area contributed by atoms with Crippen molar-refractivity contribution in [3.05, 3.63) is 54.3 Å². The maximum atomic E-state index is 13.3. The number of carboxylic acids is 2. The van der Waals surface area contributed by atoms with Crippen LogP contribution in [0.1, 0.15) is 19.3 Å². The lowest BCUT2D eigenvalue weighted by atomic mass is 9.91. The van der Waals surface area contributed by atoms with Crippen LogP contribution >= 0.6 is 11.3 Å². The van der Waals surface area contributed by atoms with E-state index in [1.165, 1.54) is 16.8 Å². The first-order valence-corrected chi connectivity index (χ1v) is 11.3. The Balaban J connectivity index is 0.000000454. The highest BCUT2D eigenvalue weighted by atomic mass is 32.1. The molecule has 2 aromatic carbocycles. The molecule has 1 fully saturated rings. The van der Waals surface area contributed by atoms with Crippen LogP contribution in [0.4, 0.5) is 9.52 Å². The van der Waals surface area contributed by atoms with Gasteiger partial charge < -0.3 is 25.2 Å². The number of para-hydroxylation sites is 1. The van der Waals surface area contributed by atoms with Gasteiger partial charge in [-0.25, -0.2) is 19.0 Å². The first kappa shape index (κ1) is 24.4. The summed E-state index contributed by atoms with van der Waals surface area (Å²) in [5, 5.41) is 19.4. The van der Waals surface area contributed by atoms with Crippen molar-refractivity contribution in [2.24, 2.45) is 0 Å². The number of aliphatic carboxylic acids is 2. The first-order chi connectivity index (χ1) is 15.8. The smallest absolute Gasteiger partial charge is 0.414 e. The number of carbonyl (C=O) groups is 2. The summed E-state index contributed by atoms with van der Waals surface area (Å²) in [6.07, 6.45) is 2.99. The lowest BCUT2D eigenvalue weighted by molar-refractivity contribution is -0.159. The first-order valence-electron chi connectivity index (χ1n) is 10.5. The van der Waals surface area contributed by atoms with E-state index in [1.807, 2.05) is 6.07 Å². The fourth-order valence-electron chi connectivity index (χ4n) is 3.75. The number of aromatic nitrogens is 1. The second kappa shape index (κ2) is 11.1. The molecule has 0 bridgehead atoms. The molecule has 3 aromatic rings. The summed E-state index contributed by atoms with van der Waals surface area (Å²) < 4.78 is 20.2. The van der Waals surface area contributed by atoms with Crippen LogP contribution in [0, 0.1) is 5.82 Å². The minimum atomic E-state index is -1.82. The van der Waals surface area contributed by atoms with Gasteiger partial charge in [-0.3, -0.25) is 0 Å². The number of benzene rings is 2. The number of halogens is 1. The molecular formula is C23H26FN3O5S. The fourth-order valence-corrected chi connectivity index (χ4v) is 4.79. The lowest BCUT2D eigenvalue weighted by Crippen LogP contribution is -2.48. The van der Waals surface area contributed by atoms with Gasteiger partial charge in [-0.05, 0) is 50.1 Å². The second-order valence-electron chi connectivity index (χ2n) is 7.69. The van der Waals surface area contributed by atoms with Gasteiger partial charge in [0.15, 0.2) is 5.13 Å². The minimum absolute atomic E-state index is 0.0408. The third-order valence-electron chi connectivity index (χ3n) is 5.54. The summed E-state index contributed by atoms with van der Waals surface area (Å²) in [5.74, 6) is -3.32. The van der Waals surface area contributed by atoms with Crippen molar-refractivity contribution in [2.75, 3.05) is 31.6 Å². The predicted molar refractivity (Wildman–Crippen MR) is 125 cm³/mol. The molecule has 10 heteroatoms. The lowest BCUT2D eigenvalue weighted by Gasteiger charge is -2.38. The molecule has 0 amide bonds. The van der Waals surface area contributed by atoms with E-state index < -0.39 is 11.9 Å². The van der Waals surface area contributed by atoms with Gasteiger partial charge in [0.1, 0.15) is 11.6 Å². The highest BCUT2D eigenvalue weighted by molar-refractivity contribution is 7.22. The van der Waals surface area contributed by atoms with Crippen molar-refractivity contribution in [1.29, 1.82) is 0 Å². The summed E-state index contributed by atoms with van der Waals surface area (Å²) >= 11 is 1.74. The summed E-state index contributed by atoms with van der Waals surface area (Å²) in [6.45, 7) is 2.54. The van der Waals surface area contributed by atoms with E-state index in [9.17, 15) is 4.39 Å². The van der Waals surface area contributed by atoms with Crippen LogP contribution in [0.25, 0.3) is 10.2 Å². The molecule has 1 aliphatic rings. The number of likely N-dealkylation sites (N-methyl/N-ethyl adjacent to an activating group) is 1. The maximum Gasteiger partial charge on any atom is 0.414 e. The van der Waals surface area contributed by atoms with Gasteiger partial charge >= 0.3 is 11.9 Å². The van der Waals surface area contributed by atoms with Gasteiger partial charge in [-0.2, -0.15) is 0 Å². The van der Waals surface area contributed by atoms with Crippen molar-refractivity contribution < 1.29 is 28.9 Å². The Morgan fingerprint density at radius 1 is 1.21 bits per heavy atom. The molecule has 1 atom stereocenters. The monoisotopic (exact) mass is 475 g/mol. The molecule has 8 nitrogen and oxygen atoms in total. The number of hydrogen-bond donors (Lipinski definition) is 3. The topological polar surface area (TPSA) is 112 Å². The fraction of sp³-hybridized carbons (Fsp3) is 0.348. The Bertz CT molecular complexity index is 1060. The molecule has 176 valence electrons. The third kappa shape index (κ3) is 6.39. The molecule has 3 N–H and O–H groups in total. The third-order valence-corrected chi connectivity index (χ3v) is 6.65. The molecule has 1 unspecified atom stereocenters. The van der Waals surface area contributed by atoms with E-state index in [4.69, 9.17) is 29.5 Å². The standard InChI is InChI=1S/C21H24FN3OS.C2H2O4/c1-25(20-24-18-8-2-3-9-19(18)27-20)21(11-12-23-15-21)10-5-13-26-17-7-4-6-16(22)14-17;3-1(4)2(5)6/h2-4,6-9,14,23H,5,10-13,15H2,1H3;(H,3,4)(H,5,6). The van der Waals surface area contributed by atoms with Crippen molar-refractivity contribution in [2.45, 2.75) is 24.8 Å². The molecular weight excluding hydrogens is 449 g/mol. The normalized spacial score (nSPS) is 17.3. The van der Waals surface area contributed by atoms with E-state index in [-0.39, 0.29) is 11.4 Å². The Kier molecular flexibility index (Phi) is 8.18. The Morgan fingerprint density at radius 2 is 1.97 bits per heavy atom. The maximum absolute atomic E-state index is 13.3. The van der Waals surface area contributed by atoms with Crippen LogP contribution in [0.3, 0.4) is 0 Å². The van der Waals surface area contributed by atoms with Gasteiger partial charge in [0.05, 0.1) is 22.4 Å². The van der Waals surface area contributed by atoms with Crippen LogP contribution in [0.15, 0.2) is 48.5 Å². The van der Waals surface area contributed by atoms with Gasteiger partial charge in [0.25, 0.3) is 0 Å². The number of hydrogen-bond acceptors (Lipinski definition) is 7. The SMILES string of the molecule is CN(c1nc2ccccc2s1)C1(CCCOc2cccc(F)c2)CCNC1.O=C(O)C(=O)O. The van der Waals surface area contributed by atoms with Crippen molar-refractivity contribution in [3.63, 3.8) is 0 Å². The number of thiazole rings is 1. The van der Waals surface area contributed by atoms with Gasteiger partial charge in [0.2, 0.25) is 0 Å². The van der Waals surface area contributed by atoms with E-state index in [2.05, 4.69) is 35.5 Å². The molecule has 4 rings (SSSR count). The zero-order valence-corrected chi connectivity index (χ0v) is 19.0. The highest BCUT2D eigenvalue weighted by Crippen LogP contribution is 2.36. The Labute approximate surface area is 194 Å². The van der Waals surface area contributed by atoms with E-state index in [0.29, 0.717) is 12.4 Å². The molecule has 1 aromatic heterocycles. The predicted octanol–water partition coefficient (Wildman–Crippen LogP) is 3.62. The summed E-state index contributed by atoms with van der Waals surface area (Å²) in [7, 11) is 2.15. The Morgan fingerprint density at radius 3 is 2.61 bits per heavy atom. The van der Waals surface area contributed by atoms with Crippen LogP contribution in [-0.4, -0.2) is 59.4 Å². The molecule has 33 heavy (non-hydrogen) atoms. The minimum Gasteiger partial charge on any atom is -0.493 e. The number of nitrogens with one attached hydrogen (secondary N) is 1. The summed E-state index contributed by atoms with van der Waals surface area (Å²) in [4.78, 5) is 25.4. The Hall–Kier alpha value is -3.24. The summed E-state index contributed by atoms with van der Waals surface area (Å²) in [5.41, 5.74) is 1.10. The number of anilines is 1. The average Bonchev–Trinajstić information content (AvgIpc) is 3.44. The average molecular weight is 476 g/mol. The molecule has 0 aliphatic carbocycles. The van der Waals surface area contributed by atoms with Crippen molar-refractivity contribution >= 4 is 38.6 Å². The van der Waals surface area contributed by atoms with Crippen LogP contribution in [0.2, 0.25) is 0 Å². The van der Waals surface area contributed by atoms with Crippen LogP contribution in [0.5, 0.6) is 5.75 Å². The zero-order valence-electron chi connectivity index (χ0n) is 18.2. The molecule has 1 aliphatic heterocycles. The number of fused-ring (bicyclic) bond motifs is 1. The largest absolute Gasteiger partial charge is 0.493 e. The van der Waals surface area contributed by atoms with Gasteiger partial charge in [-0.1, -0.05) is 29.5 Å². The zero-order chi connectivity index (χ0) is 23.8. The van der Waals surface area contributed by atoms with E-state index >= 15 is 0 Å². The van der Waals surface area contributed by atoms with Gasteiger partial charge in [-0.15, -0.1) is 0 Å². The number of carboxylic acid groups (broad SMARTS) is 2. The molecule has 2 heterocycles. The quantitative estimate of drug-likeness (QED) is 0.351. The van der Waals surface area contributed by atoms with Crippen LogP contribution < -0.4 is 15.0 Å². The van der Waals surface area contributed by atoms with Crippen LogP contribution in [-0.2, 0) is 9.59 Å². The van der Waals surface area contributed by atoms with Crippen molar-refractivity contribution in [1.82, 2.24) is 10.3 Å². The second-order valence-corrected chi connectivity index (χ2v) is 8.70. The number of ether oxygens (including phenoxy) is 1. The number of nitrogens with zero attached hydrogens (tertiary/aromatic N) is 2. The molecule has 0 spiro atoms. The van der Waals surface area contributed by atoms with Gasteiger partial charge in [0, 0.05) is 19.7 Å². The van der Waals surface area contributed by atoms with Crippen molar-refractivity contribution in [3.8, 4) is 5.75 Å². The summed E-state index contributed by atoms with van der Waals surface area (Å²) in [6, 6.07) is 14.6. The number of rotatable bonds is 7. The van der Waals surface area contributed by atoms with E-state index in [1.54, 1.807) is 23.5 Å². The van der Waals surface area contributed by atoms with E-state index in [0.717, 1.165) is 43.0 Å². The highest BCUT2D eigenvalue weighted by Gasteiger charge is 2.38. The molecule has 0 radical (unpaired) electrons.